The predicted molar refractivity (Wildman–Crippen MR) is 80.7 cm³/mol. The minimum atomic E-state index is -0.457. The molecule has 21 heavy (non-hydrogen) atoms. The molecule has 2 rings (SSSR count). The van der Waals surface area contributed by atoms with E-state index in [-0.39, 0.29) is 18.3 Å². The van der Waals surface area contributed by atoms with Gasteiger partial charge in [-0.25, -0.2) is 4.79 Å². The van der Waals surface area contributed by atoms with E-state index in [0.29, 0.717) is 10.6 Å². The maximum Gasteiger partial charge on any atom is 0.341 e. The number of carbonyl (C=O) groups excluding carboxylic acids is 2. The van der Waals surface area contributed by atoms with Crippen LogP contribution in [0.4, 0.5) is 10.9 Å². The third-order valence-corrected chi connectivity index (χ3v) is 3.90. The lowest BCUT2D eigenvalue weighted by Gasteiger charge is -2.04. The van der Waals surface area contributed by atoms with E-state index in [4.69, 9.17) is 14.9 Å². The molecule has 0 aliphatic heterocycles. The van der Waals surface area contributed by atoms with Crippen molar-refractivity contribution in [2.75, 3.05) is 17.7 Å². The van der Waals surface area contributed by atoms with Crippen molar-refractivity contribution in [3.05, 3.63) is 34.4 Å². The van der Waals surface area contributed by atoms with Crippen molar-refractivity contribution in [1.29, 1.82) is 0 Å². The number of aryl methyl sites for hydroxylation is 1. The summed E-state index contributed by atoms with van der Waals surface area (Å²) >= 11 is 1.34. The van der Waals surface area contributed by atoms with Gasteiger partial charge in [-0.05, 0) is 25.5 Å². The highest BCUT2D eigenvalue weighted by atomic mass is 32.1. The lowest BCUT2D eigenvalue weighted by molar-refractivity contribution is 0.0528. The van der Waals surface area contributed by atoms with Gasteiger partial charge in [0.05, 0.1) is 12.2 Å². The average Bonchev–Trinajstić information content (AvgIpc) is 3.05. The van der Waals surface area contributed by atoms with Crippen LogP contribution in [0.25, 0.3) is 0 Å². The third kappa shape index (κ3) is 3.43. The van der Waals surface area contributed by atoms with Crippen molar-refractivity contribution in [2.45, 2.75) is 20.3 Å². The molecular formula is C14H16N2O4S. The highest BCUT2D eigenvalue weighted by Crippen LogP contribution is 2.30. The van der Waals surface area contributed by atoms with Gasteiger partial charge in [-0.1, -0.05) is 6.92 Å². The molecule has 6 nitrogen and oxygen atoms in total. The van der Waals surface area contributed by atoms with Gasteiger partial charge in [-0.3, -0.25) is 4.79 Å². The van der Waals surface area contributed by atoms with Crippen molar-refractivity contribution in [2.24, 2.45) is 0 Å². The number of thiophene rings is 1. The number of nitrogen functional groups attached to an aromatic ring is 1. The van der Waals surface area contributed by atoms with Gasteiger partial charge in [0.2, 0.25) is 0 Å². The number of nitrogens with one attached hydrogen (secondary N) is 1. The third-order valence-electron chi connectivity index (χ3n) is 2.70. The van der Waals surface area contributed by atoms with Crippen LogP contribution in [0.5, 0.6) is 0 Å². The summed E-state index contributed by atoms with van der Waals surface area (Å²) in [4.78, 5) is 24.9. The normalized spacial score (nSPS) is 10.4. The highest BCUT2D eigenvalue weighted by molar-refractivity contribution is 7.16. The van der Waals surface area contributed by atoms with E-state index in [1.54, 1.807) is 13.0 Å². The molecule has 0 radical (unpaired) electrons. The lowest BCUT2D eigenvalue weighted by Crippen LogP contribution is -2.13. The summed E-state index contributed by atoms with van der Waals surface area (Å²) in [5.74, 6) is -0.663. The number of hydrogen-bond donors (Lipinski definition) is 2. The fourth-order valence-corrected chi connectivity index (χ4v) is 2.69. The second-order valence-electron chi connectivity index (χ2n) is 4.19. The SMILES string of the molecule is CCOC(=O)c1cc(CC)sc1NC(=O)c1ccc(N)o1. The molecule has 2 aromatic heterocycles. The Morgan fingerprint density at radius 3 is 2.71 bits per heavy atom. The average molecular weight is 308 g/mol. The number of amides is 1. The Morgan fingerprint density at radius 1 is 1.38 bits per heavy atom. The molecule has 0 saturated heterocycles. The molecule has 0 aliphatic carbocycles. The molecule has 0 spiro atoms. The summed E-state index contributed by atoms with van der Waals surface area (Å²) in [7, 11) is 0. The standard InChI is InChI=1S/C14H16N2O4S/c1-3-8-7-9(14(18)19-4-2)13(21-8)16-12(17)10-5-6-11(15)20-10/h5-7H,3-4,15H2,1-2H3,(H,16,17). The van der Waals surface area contributed by atoms with E-state index in [1.807, 2.05) is 6.92 Å². The molecule has 1 amide bonds. The summed E-state index contributed by atoms with van der Waals surface area (Å²) in [6.07, 6.45) is 0.765. The molecule has 0 aliphatic rings. The Hall–Kier alpha value is -2.28. The van der Waals surface area contributed by atoms with Gasteiger partial charge in [0.15, 0.2) is 11.6 Å². The Kier molecular flexibility index (Phi) is 4.64. The van der Waals surface area contributed by atoms with Gasteiger partial charge in [-0.15, -0.1) is 11.3 Å². The lowest BCUT2D eigenvalue weighted by atomic mass is 10.2. The number of ether oxygens (including phenoxy) is 1. The minimum absolute atomic E-state index is 0.0914. The van der Waals surface area contributed by atoms with Crippen molar-refractivity contribution in [3.63, 3.8) is 0 Å². The molecule has 0 atom stereocenters. The van der Waals surface area contributed by atoms with Gasteiger partial charge in [0, 0.05) is 10.9 Å². The summed E-state index contributed by atoms with van der Waals surface area (Å²) in [6, 6.07) is 4.70. The molecule has 3 N–H and O–H groups in total. The molecule has 0 fully saturated rings. The van der Waals surface area contributed by atoms with E-state index >= 15 is 0 Å². The highest BCUT2D eigenvalue weighted by Gasteiger charge is 2.20. The first kappa shape index (κ1) is 15.1. The Bertz CT molecular complexity index is 660. The zero-order chi connectivity index (χ0) is 15.4. The number of anilines is 2. The van der Waals surface area contributed by atoms with Crippen LogP contribution in [0.1, 0.15) is 39.6 Å². The summed E-state index contributed by atoms with van der Waals surface area (Å²) < 4.78 is 10.0. The molecule has 2 aromatic rings. The number of furan rings is 1. The maximum absolute atomic E-state index is 12.1. The van der Waals surface area contributed by atoms with Gasteiger partial charge >= 0.3 is 5.97 Å². The smallest absolute Gasteiger partial charge is 0.341 e. The van der Waals surface area contributed by atoms with Crippen LogP contribution in [0, 0.1) is 0 Å². The van der Waals surface area contributed by atoms with Crippen molar-refractivity contribution in [1.82, 2.24) is 0 Å². The second kappa shape index (κ2) is 6.45. The van der Waals surface area contributed by atoms with Crippen LogP contribution < -0.4 is 11.1 Å². The van der Waals surface area contributed by atoms with Crippen molar-refractivity contribution in [3.8, 4) is 0 Å². The van der Waals surface area contributed by atoms with Gasteiger partial charge in [0.25, 0.3) is 5.91 Å². The molecule has 112 valence electrons. The zero-order valence-electron chi connectivity index (χ0n) is 11.8. The minimum Gasteiger partial charge on any atom is -0.462 e. The fraction of sp³-hybridized carbons (Fsp3) is 0.286. The Morgan fingerprint density at radius 2 is 2.14 bits per heavy atom. The van der Waals surface area contributed by atoms with Crippen molar-refractivity contribution < 1.29 is 18.7 Å². The van der Waals surface area contributed by atoms with Crippen LogP contribution in [-0.2, 0) is 11.2 Å². The van der Waals surface area contributed by atoms with E-state index < -0.39 is 11.9 Å². The van der Waals surface area contributed by atoms with E-state index in [1.165, 1.54) is 23.5 Å². The summed E-state index contributed by atoms with van der Waals surface area (Å²) in [6.45, 7) is 3.98. The van der Waals surface area contributed by atoms with Crippen LogP contribution in [-0.4, -0.2) is 18.5 Å². The molecule has 0 aromatic carbocycles. The summed E-state index contributed by atoms with van der Waals surface area (Å²) in [5.41, 5.74) is 5.79. The van der Waals surface area contributed by atoms with Gasteiger partial charge in [-0.2, -0.15) is 0 Å². The summed E-state index contributed by atoms with van der Waals surface area (Å²) in [5, 5.41) is 3.11. The largest absolute Gasteiger partial charge is 0.462 e. The van der Waals surface area contributed by atoms with Crippen molar-refractivity contribution >= 4 is 34.1 Å². The molecule has 0 saturated carbocycles. The van der Waals surface area contributed by atoms with E-state index in [0.717, 1.165) is 11.3 Å². The van der Waals surface area contributed by atoms with Crippen LogP contribution in [0.2, 0.25) is 0 Å². The Labute approximate surface area is 125 Å². The molecule has 0 unspecified atom stereocenters. The molecule has 0 bridgehead atoms. The Balaban J connectivity index is 2.24. The number of rotatable bonds is 5. The maximum atomic E-state index is 12.1. The molecule has 2 heterocycles. The van der Waals surface area contributed by atoms with Crippen LogP contribution >= 0.6 is 11.3 Å². The molecular weight excluding hydrogens is 292 g/mol. The van der Waals surface area contributed by atoms with E-state index in [9.17, 15) is 9.59 Å². The molecule has 7 heteroatoms. The predicted octanol–water partition coefficient (Wildman–Crippen LogP) is 2.91. The number of hydrogen-bond acceptors (Lipinski definition) is 6. The van der Waals surface area contributed by atoms with Gasteiger partial charge in [0.1, 0.15) is 5.00 Å². The number of esters is 1. The quantitative estimate of drug-likeness (QED) is 0.828. The van der Waals surface area contributed by atoms with E-state index in [2.05, 4.69) is 5.32 Å². The van der Waals surface area contributed by atoms with Crippen LogP contribution in [0.3, 0.4) is 0 Å². The first-order valence-corrected chi connectivity index (χ1v) is 7.33. The number of carbonyl (C=O) groups is 2. The fourth-order valence-electron chi connectivity index (χ4n) is 1.71. The zero-order valence-corrected chi connectivity index (χ0v) is 12.6. The van der Waals surface area contributed by atoms with Crippen LogP contribution in [0.15, 0.2) is 22.6 Å². The first-order chi connectivity index (χ1) is 10.0. The topological polar surface area (TPSA) is 94.6 Å². The number of nitrogens with two attached hydrogens (primary N) is 1. The van der Waals surface area contributed by atoms with Gasteiger partial charge < -0.3 is 20.2 Å². The second-order valence-corrected chi connectivity index (χ2v) is 5.32. The first-order valence-electron chi connectivity index (χ1n) is 6.51. The monoisotopic (exact) mass is 308 g/mol.